The average molecular weight is 385 g/mol. The van der Waals surface area contributed by atoms with Crippen molar-refractivity contribution >= 4 is 20.9 Å². The van der Waals surface area contributed by atoms with Crippen molar-refractivity contribution in [3.05, 3.63) is 69.4 Å². The molecule has 0 spiro atoms. The highest BCUT2D eigenvalue weighted by Crippen LogP contribution is 2.36. The predicted octanol–water partition coefficient (Wildman–Crippen LogP) is 1.52. The first-order valence-corrected chi connectivity index (χ1v) is 10.1. The fourth-order valence-electron chi connectivity index (χ4n) is 3.08. The van der Waals surface area contributed by atoms with Crippen molar-refractivity contribution in [1.29, 1.82) is 0 Å². The Morgan fingerprint density at radius 3 is 2.33 bits per heavy atom. The summed E-state index contributed by atoms with van der Waals surface area (Å²) in [5.74, 6) is 0. The van der Waals surface area contributed by atoms with E-state index in [2.05, 4.69) is 4.72 Å². The van der Waals surface area contributed by atoms with E-state index in [-0.39, 0.29) is 10.3 Å². The van der Waals surface area contributed by atoms with E-state index in [4.69, 9.17) is 0 Å². The molecule has 0 radical (unpaired) electrons. The molecule has 27 heavy (non-hydrogen) atoms. The molecule has 0 atom stereocenters. The maximum Gasteiger partial charge on any atom is 0.335 e. The van der Waals surface area contributed by atoms with Crippen molar-refractivity contribution in [2.45, 2.75) is 30.2 Å². The summed E-state index contributed by atoms with van der Waals surface area (Å²) in [5.41, 5.74) is -0.635. The number of fused-ring (bicyclic) bond motifs is 1. The molecule has 140 valence electrons. The molecule has 0 bridgehead atoms. The Bertz CT molecular complexity index is 1270. The molecule has 7 nitrogen and oxygen atoms in total. The van der Waals surface area contributed by atoms with Gasteiger partial charge in [-0.15, -0.1) is 0 Å². The number of aromatic nitrogens is 2. The van der Waals surface area contributed by atoms with Gasteiger partial charge in [-0.05, 0) is 50.1 Å². The summed E-state index contributed by atoms with van der Waals surface area (Å²) in [6, 6.07) is 12.8. The molecule has 0 amide bonds. The molecule has 1 saturated carbocycles. The van der Waals surface area contributed by atoms with Crippen LogP contribution in [0, 0.1) is 0 Å². The van der Waals surface area contributed by atoms with E-state index in [0.29, 0.717) is 11.2 Å². The quantitative estimate of drug-likeness (QED) is 0.737. The number of sulfonamides is 1. The third-order valence-corrected chi connectivity index (χ3v) is 6.58. The van der Waals surface area contributed by atoms with Gasteiger partial charge in [0.1, 0.15) is 0 Å². The second-order valence-electron chi connectivity index (χ2n) is 7.16. The first-order valence-electron chi connectivity index (χ1n) is 8.57. The molecule has 1 aliphatic carbocycles. The van der Waals surface area contributed by atoms with Crippen LogP contribution >= 0.6 is 0 Å². The summed E-state index contributed by atoms with van der Waals surface area (Å²) in [7, 11) is -2.19. The molecule has 3 aromatic rings. The highest BCUT2D eigenvalue weighted by atomic mass is 32.2. The monoisotopic (exact) mass is 385 g/mol. The number of nitrogens with zero attached hydrogens (tertiary/aromatic N) is 2. The van der Waals surface area contributed by atoms with Crippen molar-refractivity contribution < 1.29 is 8.42 Å². The van der Waals surface area contributed by atoms with E-state index in [1.54, 1.807) is 37.4 Å². The van der Waals surface area contributed by atoms with Crippen molar-refractivity contribution in [3.8, 4) is 5.69 Å². The fourth-order valence-corrected chi connectivity index (χ4v) is 4.58. The van der Waals surface area contributed by atoms with Crippen LogP contribution in [0.25, 0.3) is 16.6 Å². The number of para-hydroxylation sites is 1. The molecule has 0 unspecified atom stereocenters. The Kier molecular flexibility index (Phi) is 3.87. The van der Waals surface area contributed by atoms with Crippen LogP contribution in [0.15, 0.2) is 63.0 Å². The zero-order valence-electron chi connectivity index (χ0n) is 15.0. The Labute approximate surface area is 155 Å². The van der Waals surface area contributed by atoms with Crippen molar-refractivity contribution in [3.63, 3.8) is 0 Å². The topological polar surface area (TPSA) is 90.2 Å². The van der Waals surface area contributed by atoms with Crippen LogP contribution in [-0.2, 0) is 17.1 Å². The van der Waals surface area contributed by atoms with Gasteiger partial charge in [0.15, 0.2) is 0 Å². The Morgan fingerprint density at radius 2 is 1.70 bits per heavy atom. The molecule has 8 heteroatoms. The molecule has 1 aliphatic rings. The van der Waals surface area contributed by atoms with E-state index < -0.39 is 26.8 Å². The molecule has 1 fully saturated rings. The maximum absolute atomic E-state index is 13.0. The first kappa shape index (κ1) is 17.7. The van der Waals surface area contributed by atoms with Gasteiger partial charge in [-0.1, -0.05) is 18.2 Å². The molecule has 1 aromatic heterocycles. The van der Waals surface area contributed by atoms with Crippen molar-refractivity contribution in [1.82, 2.24) is 13.9 Å². The van der Waals surface area contributed by atoms with E-state index in [1.165, 1.54) is 22.8 Å². The summed E-state index contributed by atoms with van der Waals surface area (Å²) in [4.78, 5) is 25.7. The van der Waals surface area contributed by atoms with E-state index >= 15 is 0 Å². The summed E-state index contributed by atoms with van der Waals surface area (Å²) in [6.45, 7) is 1.84. The molecular formula is C19H19N3O4S. The van der Waals surface area contributed by atoms with Gasteiger partial charge in [0, 0.05) is 12.6 Å². The molecule has 4 rings (SSSR count). The maximum atomic E-state index is 13.0. The van der Waals surface area contributed by atoms with Gasteiger partial charge in [-0.2, -0.15) is 0 Å². The number of rotatable bonds is 4. The van der Waals surface area contributed by atoms with E-state index in [1.807, 2.05) is 6.92 Å². The van der Waals surface area contributed by atoms with Gasteiger partial charge >= 0.3 is 5.69 Å². The lowest BCUT2D eigenvalue weighted by atomic mass is 10.2. The number of nitrogens with one attached hydrogen (secondary N) is 1. The van der Waals surface area contributed by atoms with Crippen LogP contribution in [-0.4, -0.2) is 23.1 Å². The third kappa shape index (κ3) is 3.00. The zero-order chi connectivity index (χ0) is 19.4. The van der Waals surface area contributed by atoms with Gasteiger partial charge in [0.2, 0.25) is 10.0 Å². The summed E-state index contributed by atoms with van der Waals surface area (Å²) < 4.78 is 30.4. The minimum atomic E-state index is -3.75. The number of hydrogen-bond donors (Lipinski definition) is 1. The lowest BCUT2D eigenvalue weighted by Crippen LogP contribution is -2.38. The lowest BCUT2D eigenvalue weighted by Gasteiger charge is -2.14. The third-order valence-electron chi connectivity index (χ3n) is 4.95. The molecule has 0 saturated heterocycles. The predicted molar refractivity (Wildman–Crippen MR) is 103 cm³/mol. The summed E-state index contributed by atoms with van der Waals surface area (Å²) >= 11 is 0. The van der Waals surface area contributed by atoms with Crippen LogP contribution < -0.4 is 16.0 Å². The van der Waals surface area contributed by atoms with E-state index in [0.717, 1.165) is 17.4 Å². The minimum absolute atomic E-state index is 0.0125. The second kappa shape index (κ2) is 5.90. The number of benzene rings is 2. The highest BCUT2D eigenvalue weighted by Gasteiger charge is 2.41. The van der Waals surface area contributed by atoms with Crippen LogP contribution in [0.4, 0.5) is 0 Å². The highest BCUT2D eigenvalue weighted by molar-refractivity contribution is 7.89. The largest absolute Gasteiger partial charge is 0.335 e. The number of aryl methyl sites for hydroxylation is 1. The lowest BCUT2D eigenvalue weighted by molar-refractivity contribution is 0.558. The fraction of sp³-hybridized carbons (Fsp3) is 0.263. The molecule has 1 N–H and O–H groups in total. The van der Waals surface area contributed by atoms with Crippen LogP contribution in [0.1, 0.15) is 19.8 Å². The van der Waals surface area contributed by atoms with Gasteiger partial charge in [-0.3, -0.25) is 9.36 Å². The zero-order valence-corrected chi connectivity index (χ0v) is 15.8. The Hall–Kier alpha value is -2.71. The Morgan fingerprint density at radius 1 is 1.04 bits per heavy atom. The van der Waals surface area contributed by atoms with Gasteiger partial charge in [-0.25, -0.2) is 22.5 Å². The molecular weight excluding hydrogens is 366 g/mol. The summed E-state index contributed by atoms with van der Waals surface area (Å²) in [5, 5.41) is 0.171. The van der Waals surface area contributed by atoms with Crippen molar-refractivity contribution in [2.24, 2.45) is 7.05 Å². The normalized spacial score (nSPS) is 15.8. The van der Waals surface area contributed by atoms with Crippen LogP contribution in [0.5, 0.6) is 0 Å². The Balaban J connectivity index is 1.96. The SMILES string of the molecule is Cn1c(=O)n(-c2ccccc2)c(=O)c2cc(S(=O)(=O)NC3(C)CC3)ccc21. The smallest absolute Gasteiger partial charge is 0.296 e. The molecule has 1 heterocycles. The van der Waals surface area contributed by atoms with Gasteiger partial charge in [0.25, 0.3) is 5.56 Å². The molecule has 2 aromatic carbocycles. The van der Waals surface area contributed by atoms with Gasteiger partial charge < -0.3 is 0 Å². The average Bonchev–Trinajstić information content (AvgIpc) is 3.36. The van der Waals surface area contributed by atoms with Crippen LogP contribution in [0.3, 0.4) is 0 Å². The second-order valence-corrected chi connectivity index (χ2v) is 8.85. The standard InChI is InChI=1S/C19H19N3O4S/c1-19(10-11-19)20-27(25,26)14-8-9-16-15(12-14)17(23)22(18(24)21(16)2)13-6-4-3-5-7-13/h3-9,12,20H,10-11H2,1-2H3. The minimum Gasteiger partial charge on any atom is -0.296 e. The van der Waals surface area contributed by atoms with Crippen molar-refractivity contribution in [2.75, 3.05) is 0 Å². The molecule has 0 aliphatic heterocycles. The number of hydrogen-bond acceptors (Lipinski definition) is 4. The summed E-state index contributed by atoms with van der Waals surface area (Å²) in [6.07, 6.45) is 1.57. The van der Waals surface area contributed by atoms with Gasteiger partial charge in [0.05, 0.1) is 21.5 Å². The van der Waals surface area contributed by atoms with E-state index in [9.17, 15) is 18.0 Å². The van der Waals surface area contributed by atoms with Crippen LogP contribution in [0.2, 0.25) is 0 Å². The first-order chi connectivity index (χ1) is 12.7.